The number of nitrogens with one attached hydrogen (secondary N) is 1. The standard InChI is InChI=1S/C10H11NO2.Na/c12-10(13)9-8-4-2-1-3-7(8)5-6-11-9;/h1-4,9,11H,5-6H2,(H,12,13);/t9-;/m0./s1. The SMILES string of the molecule is O=C(O)[C@H]1NCCc2ccccc21.[Na]. The molecule has 1 atom stereocenters. The number of carboxylic acid groups (broad SMARTS) is 1. The Hall–Kier alpha value is -0.350. The van der Waals surface area contributed by atoms with Crippen LogP contribution in [-0.2, 0) is 11.2 Å². The number of hydrogen-bond acceptors (Lipinski definition) is 2. The van der Waals surface area contributed by atoms with Crippen LogP contribution >= 0.6 is 0 Å². The van der Waals surface area contributed by atoms with Crippen molar-refractivity contribution in [2.45, 2.75) is 12.5 Å². The average molecular weight is 200 g/mol. The van der Waals surface area contributed by atoms with Gasteiger partial charge in [0.05, 0.1) is 0 Å². The molecule has 69 valence electrons. The third kappa shape index (κ3) is 2.17. The second-order valence-corrected chi connectivity index (χ2v) is 3.17. The molecule has 2 rings (SSSR count). The molecule has 4 heteroatoms. The van der Waals surface area contributed by atoms with Crippen LogP contribution in [0.4, 0.5) is 0 Å². The largest absolute Gasteiger partial charge is 0.480 e. The van der Waals surface area contributed by atoms with E-state index in [9.17, 15) is 4.79 Å². The predicted octanol–water partition coefficient (Wildman–Crippen LogP) is 0.577. The van der Waals surface area contributed by atoms with E-state index < -0.39 is 12.0 Å². The van der Waals surface area contributed by atoms with Crippen LogP contribution in [0.15, 0.2) is 24.3 Å². The van der Waals surface area contributed by atoms with E-state index in [1.807, 2.05) is 24.3 Å². The fourth-order valence-corrected chi connectivity index (χ4v) is 1.72. The van der Waals surface area contributed by atoms with Crippen LogP contribution in [-0.4, -0.2) is 47.2 Å². The van der Waals surface area contributed by atoms with Gasteiger partial charge >= 0.3 is 5.97 Å². The molecule has 0 saturated heterocycles. The zero-order valence-electron chi connectivity index (χ0n) is 8.16. The minimum Gasteiger partial charge on any atom is -0.480 e. The Bertz CT molecular complexity index is 341. The molecule has 1 aliphatic heterocycles. The second-order valence-electron chi connectivity index (χ2n) is 3.17. The molecule has 1 aromatic carbocycles. The molecule has 0 saturated carbocycles. The molecule has 2 N–H and O–H groups in total. The Morgan fingerprint density at radius 1 is 1.43 bits per heavy atom. The second kappa shape index (κ2) is 4.94. The fourth-order valence-electron chi connectivity index (χ4n) is 1.72. The third-order valence-corrected chi connectivity index (χ3v) is 2.36. The summed E-state index contributed by atoms with van der Waals surface area (Å²) in [4.78, 5) is 10.9. The van der Waals surface area contributed by atoms with E-state index in [1.165, 1.54) is 0 Å². The van der Waals surface area contributed by atoms with Crippen LogP contribution in [0.25, 0.3) is 0 Å². The quantitative estimate of drug-likeness (QED) is 0.652. The molecular formula is C10H11NNaO2. The smallest absolute Gasteiger partial charge is 0.325 e. The summed E-state index contributed by atoms with van der Waals surface area (Å²) in [6.07, 6.45) is 0.917. The average Bonchev–Trinajstić information content (AvgIpc) is 2.17. The number of carboxylic acids is 1. The number of benzene rings is 1. The van der Waals surface area contributed by atoms with Crippen molar-refractivity contribution in [3.05, 3.63) is 35.4 Å². The van der Waals surface area contributed by atoms with Gasteiger partial charge < -0.3 is 10.4 Å². The van der Waals surface area contributed by atoms with Gasteiger partial charge in [-0.1, -0.05) is 24.3 Å². The van der Waals surface area contributed by atoms with Crippen molar-refractivity contribution >= 4 is 35.5 Å². The molecule has 0 aliphatic carbocycles. The molecule has 0 spiro atoms. The molecule has 0 bridgehead atoms. The van der Waals surface area contributed by atoms with Gasteiger partial charge in [0, 0.05) is 36.1 Å². The van der Waals surface area contributed by atoms with Crippen molar-refractivity contribution < 1.29 is 9.90 Å². The maximum atomic E-state index is 10.9. The normalized spacial score (nSPS) is 19.3. The number of rotatable bonds is 1. The van der Waals surface area contributed by atoms with E-state index in [1.54, 1.807) is 0 Å². The van der Waals surface area contributed by atoms with Crippen molar-refractivity contribution in [1.29, 1.82) is 0 Å². The van der Waals surface area contributed by atoms with Gasteiger partial charge in [-0.05, 0) is 17.5 Å². The summed E-state index contributed by atoms with van der Waals surface area (Å²) in [5.74, 6) is -0.799. The van der Waals surface area contributed by atoms with Crippen LogP contribution < -0.4 is 5.32 Å². The maximum absolute atomic E-state index is 10.9. The minimum atomic E-state index is -0.799. The summed E-state index contributed by atoms with van der Waals surface area (Å²) >= 11 is 0. The number of aliphatic carboxylic acids is 1. The molecule has 0 unspecified atom stereocenters. The van der Waals surface area contributed by atoms with E-state index in [4.69, 9.17) is 5.11 Å². The Balaban J connectivity index is 0.000000980. The molecule has 3 nitrogen and oxygen atoms in total. The van der Waals surface area contributed by atoms with E-state index in [0.717, 1.165) is 24.1 Å². The number of hydrogen-bond donors (Lipinski definition) is 2. The first-order valence-corrected chi connectivity index (χ1v) is 4.33. The molecule has 0 amide bonds. The van der Waals surface area contributed by atoms with Gasteiger partial charge in [-0.2, -0.15) is 0 Å². The van der Waals surface area contributed by atoms with Crippen molar-refractivity contribution in [2.24, 2.45) is 0 Å². The Labute approximate surface area is 105 Å². The van der Waals surface area contributed by atoms with E-state index in [0.29, 0.717) is 0 Å². The fraction of sp³-hybridized carbons (Fsp3) is 0.300. The summed E-state index contributed by atoms with van der Waals surface area (Å²) in [6, 6.07) is 7.17. The van der Waals surface area contributed by atoms with E-state index in [-0.39, 0.29) is 29.6 Å². The first-order valence-electron chi connectivity index (χ1n) is 4.33. The molecular weight excluding hydrogens is 189 g/mol. The topological polar surface area (TPSA) is 49.3 Å². The monoisotopic (exact) mass is 200 g/mol. The minimum absolute atomic E-state index is 0. The van der Waals surface area contributed by atoms with Crippen LogP contribution in [0.5, 0.6) is 0 Å². The Morgan fingerprint density at radius 2 is 2.14 bits per heavy atom. The number of carbonyl (C=O) groups is 1. The summed E-state index contributed by atoms with van der Waals surface area (Å²) in [7, 11) is 0. The van der Waals surface area contributed by atoms with Crippen molar-refractivity contribution in [3.63, 3.8) is 0 Å². The molecule has 1 heterocycles. The van der Waals surface area contributed by atoms with Crippen LogP contribution in [0.2, 0.25) is 0 Å². The van der Waals surface area contributed by atoms with Crippen molar-refractivity contribution in [1.82, 2.24) is 5.32 Å². The van der Waals surface area contributed by atoms with Gasteiger partial charge in [-0.15, -0.1) is 0 Å². The van der Waals surface area contributed by atoms with Gasteiger partial charge in [0.2, 0.25) is 0 Å². The van der Waals surface area contributed by atoms with Gasteiger partial charge in [-0.25, -0.2) is 0 Å². The zero-order valence-corrected chi connectivity index (χ0v) is 10.2. The summed E-state index contributed by atoms with van der Waals surface area (Å²) in [5.41, 5.74) is 2.05. The Kier molecular flexibility index (Phi) is 4.13. The Morgan fingerprint density at radius 3 is 2.86 bits per heavy atom. The van der Waals surface area contributed by atoms with Gasteiger partial charge in [0.25, 0.3) is 0 Å². The first kappa shape index (κ1) is 11.7. The van der Waals surface area contributed by atoms with Gasteiger partial charge in [0.15, 0.2) is 0 Å². The van der Waals surface area contributed by atoms with E-state index in [2.05, 4.69) is 5.32 Å². The molecule has 0 fully saturated rings. The van der Waals surface area contributed by atoms with Crippen LogP contribution in [0.1, 0.15) is 17.2 Å². The summed E-state index contributed by atoms with van der Waals surface area (Å²) in [5, 5.41) is 11.9. The van der Waals surface area contributed by atoms with Gasteiger partial charge in [0.1, 0.15) is 6.04 Å². The summed E-state index contributed by atoms with van der Waals surface area (Å²) in [6.45, 7) is 0.744. The van der Waals surface area contributed by atoms with Gasteiger partial charge in [-0.3, -0.25) is 4.79 Å². The van der Waals surface area contributed by atoms with Crippen molar-refractivity contribution in [3.8, 4) is 0 Å². The van der Waals surface area contributed by atoms with Crippen molar-refractivity contribution in [2.75, 3.05) is 6.54 Å². The third-order valence-electron chi connectivity index (χ3n) is 2.36. The molecule has 14 heavy (non-hydrogen) atoms. The van der Waals surface area contributed by atoms with Crippen LogP contribution in [0.3, 0.4) is 0 Å². The zero-order chi connectivity index (χ0) is 9.26. The summed E-state index contributed by atoms with van der Waals surface area (Å²) < 4.78 is 0. The molecule has 1 aliphatic rings. The first-order chi connectivity index (χ1) is 6.29. The maximum Gasteiger partial charge on any atom is 0.325 e. The molecule has 0 aromatic heterocycles. The predicted molar refractivity (Wildman–Crippen MR) is 54.3 cm³/mol. The molecule has 1 radical (unpaired) electrons. The number of fused-ring (bicyclic) bond motifs is 1. The molecule has 1 aromatic rings. The van der Waals surface area contributed by atoms with Crippen LogP contribution in [0, 0.1) is 0 Å². The van der Waals surface area contributed by atoms with E-state index >= 15 is 0 Å².